The van der Waals surface area contributed by atoms with Gasteiger partial charge in [0.2, 0.25) is 0 Å². The number of aryl methyl sites for hydroxylation is 2. The Hall–Kier alpha value is -2.60. The Kier molecular flexibility index (Phi) is 4.32. The number of fused-ring (bicyclic) bond motifs is 1. The number of aromatic nitrogens is 3. The molecule has 0 saturated heterocycles. The first kappa shape index (κ1) is 15.8. The molecule has 0 aliphatic carbocycles. The molecule has 1 amide bonds. The fourth-order valence-electron chi connectivity index (χ4n) is 2.29. The molecule has 7 heteroatoms. The maximum atomic E-state index is 12.1. The highest BCUT2D eigenvalue weighted by atomic mass is 35.5. The Morgan fingerprint density at radius 1 is 1.05 bits per heavy atom. The first-order valence-electron chi connectivity index (χ1n) is 6.45. The molecule has 0 radical (unpaired) electrons. The molecule has 0 saturated carbocycles. The number of rotatable bonds is 2. The van der Waals surface area contributed by atoms with Crippen LogP contribution >= 0.6 is 12.4 Å². The summed E-state index contributed by atoms with van der Waals surface area (Å²) >= 11 is 0. The third-order valence-corrected chi connectivity index (χ3v) is 3.47. The van der Waals surface area contributed by atoms with E-state index in [9.17, 15) is 9.59 Å². The molecular weight excluding hydrogens is 304 g/mol. The number of hydrogen-bond donors (Lipinski definition) is 1. The minimum absolute atomic E-state index is 0. The summed E-state index contributed by atoms with van der Waals surface area (Å²) in [5.41, 5.74) is 2.68. The number of carbonyl (C=O) groups excluding carboxylic acids is 1. The van der Waals surface area contributed by atoms with E-state index in [-0.39, 0.29) is 24.0 Å². The zero-order chi connectivity index (χ0) is 15.0. The molecule has 0 aliphatic heterocycles. The highest BCUT2D eigenvalue weighted by Crippen LogP contribution is 2.18. The monoisotopic (exact) mass is 318 g/mol. The minimum atomic E-state index is -0.210. The van der Waals surface area contributed by atoms with Gasteiger partial charge in [-0.2, -0.15) is 0 Å². The fraction of sp³-hybridized carbons (Fsp3) is 0.133. The van der Waals surface area contributed by atoms with E-state index in [1.807, 2.05) is 6.07 Å². The normalized spacial score (nSPS) is 10.3. The first-order chi connectivity index (χ1) is 10.1. The summed E-state index contributed by atoms with van der Waals surface area (Å²) in [6.45, 7) is 0. The highest BCUT2D eigenvalue weighted by Gasteiger charge is 2.10. The average molecular weight is 319 g/mol. The second-order valence-corrected chi connectivity index (χ2v) is 4.79. The summed E-state index contributed by atoms with van der Waals surface area (Å²) in [5.74, 6) is -0.210. The van der Waals surface area contributed by atoms with E-state index < -0.39 is 0 Å². The summed E-state index contributed by atoms with van der Waals surface area (Å²) in [4.78, 5) is 27.8. The summed E-state index contributed by atoms with van der Waals surface area (Å²) in [7, 11) is 3.43. The maximum absolute atomic E-state index is 12.1. The smallest absolute Gasteiger partial charge is 0.322 e. The van der Waals surface area contributed by atoms with Crippen molar-refractivity contribution in [2.45, 2.75) is 0 Å². The molecule has 22 heavy (non-hydrogen) atoms. The van der Waals surface area contributed by atoms with Crippen molar-refractivity contribution >= 4 is 35.0 Å². The number of halogens is 1. The number of nitrogens with one attached hydrogen (secondary N) is 1. The van der Waals surface area contributed by atoms with Gasteiger partial charge in [-0.25, -0.2) is 4.79 Å². The standard InChI is InChI=1S/C15H14N4O2.ClH/c1-18-12-4-3-11(9-13(12)19(2)15(18)21)17-14(20)10-5-7-16-8-6-10;/h3-9H,1-2H3,(H,17,20);1H. The summed E-state index contributed by atoms with van der Waals surface area (Å²) in [6, 6.07) is 8.67. The Bertz CT molecular complexity index is 884. The molecule has 0 fully saturated rings. The van der Waals surface area contributed by atoms with Gasteiger partial charge >= 0.3 is 5.69 Å². The quantitative estimate of drug-likeness (QED) is 0.785. The van der Waals surface area contributed by atoms with Crippen molar-refractivity contribution < 1.29 is 4.79 Å². The largest absolute Gasteiger partial charge is 0.328 e. The van der Waals surface area contributed by atoms with Crippen LogP contribution in [0.15, 0.2) is 47.5 Å². The molecule has 2 heterocycles. The highest BCUT2D eigenvalue weighted by molar-refractivity contribution is 6.04. The van der Waals surface area contributed by atoms with Crippen LogP contribution in [0.5, 0.6) is 0 Å². The lowest BCUT2D eigenvalue weighted by molar-refractivity contribution is 0.102. The van der Waals surface area contributed by atoms with Gasteiger partial charge in [0, 0.05) is 37.7 Å². The van der Waals surface area contributed by atoms with Crippen LogP contribution in [0.1, 0.15) is 10.4 Å². The van der Waals surface area contributed by atoms with E-state index >= 15 is 0 Å². The number of carbonyl (C=O) groups is 1. The zero-order valence-corrected chi connectivity index (χ0v) is 12.9. The lowest BCUT2D eigenvalue weighted by Crippen LogP contribution is -2.19. The molecule has 0 bridgehead atoms. The van der Waals surface area contributed by atoms with Crippen LogP contribution in [0.2, 0.25) is 0 Å². The van der Waals surface area contributed by atoms with Gasteiger partial charge in [0.25, 0.3) is 5.91 Å². The first-order valence-corrected chi connectivity index (χ1v) is 6.45. The van der Waals surface area contributed by atoms with Gasteiger partial charge in [0.1, 0.15) is 0 Å². The van der Waals surface area contributed by atoms with E-state index in [1.54, 1.807) is 59.9 Å². The summed E-state index contributed by atoms with van der Waals surface area (Å²) in [6.07, 6.45) is 3.14. The van der Waals surface area contributed by atoms with Crippen molar-refractivity contribution in [1.82, 2.24) is 14.1 Å². The van der Waals surface area contributed by atoms with Crippen molar-refractivity contribution in [1.29, 1.82) is 0 Å². The van der Waals surface area contributed by atoms with Gasteiger partial charge in [0.05, 0.1) is 11.0 Å². The fourth-order valence-corrected chi connectivity index (χ4v) is 2.29. The van der Waals surface area contributed by atoms with Crippen molar-refractivity contribution in [3.63, 3.8) is 0 Å². The van der Waals surface area contributed by atoms with Crippen LogP contribution in [0.3, 0.4) is 0 Å². The second-order valence-electron chi connectivity index (χ2n) is 4.79. The van der Waals surface area contributed by atoms with Crippen LogP contribution in [0.4, 0.5) is 5.69 Å². The number of amides is 1. The van der Waals surface area contributed by atoms with E-state index in [2.05, 4.69) is 10.3 Å². The molecule has 0 atom stereocenters. The SMILES string of the molecule is Cl.Cn1c(=O)n(C)c2cc(NC(=O)c3ccncc3)ccc21. The molecule has 0 spiro atoms. The minimum Gasteiger partial charge on any atom is -0.322 e. The predicted octanol–water partition coefficient (Wildman–Crippen LogP) is 1.95. The number of pyridine rings is 1. The number of hydrogen-bond acceptors (Lipinski definition) is 3. The lowest BCUT2D eigenvalue weighted by Gasteiger charge is -2.05. The molecule has 0 aliphatic rings. The zero-order valence-electron chi connectivity index (χ0n) is 12.1. The third-order valence-electron chi connectivity index (χ3n) is 3.47. The van der Waals surface area contributed by atoms with Gasteiger partial charge in [-0.15, -0.1) is 12.4 Å². The lowest BCUT2D eigenvalue weighted by atomic mass is 10.2. The Balaban J connectivity index is 0.00000176. The van der Waals surface area contributed by atoms with Crippen LogP contribution in [0, 0.1) is 0 Å². The van der Waals surface area contributed by atoms with E-state index in [1.165, 1.54) is 0 Å². The van der Waals surface area contributed by atoms with Crippen molar-refractivity contribution in [3.05, 3.63) is 58.8 Å². The maximum Gasteiger partial charge on any atom is 0.328 e. The summed E-state index contributed by atoms with van der Waals surface area (Å²) in [5, 5.41) is 2.81. The van der Waals surface area contributed by atoms with E-state index in [4.69, 9.17) is 0 Å². The van der Waals surface area contributed by atoms with Crippen molar-refractivity contribution in [2.75, 3.05) is 5.32 Å². The van der Waals surface area contributed by atoms with Crippen molar-refractivity contribution in [3.8, 4) is 0 Å². The van der Waals surface area contributed by atoms with E-state index in [0.29, 0.717) is 11.3 Å². The van der Waals surface area contributed by atoms with Gasteiger partial charge in [-0.05, 0) is 30.3 Å². The molecule has 1 N–H and O–H groups in total. The predicted molar refractivity (Wildman–Crippen MR) is 87.6 cm³/mol. The van der Waals surface area contributed by atoms with Gasteiger partial charge in [0.15, 0.2) is 0 Å². The van der Waals surface area contributed by atoms with Crippen LogP contribution in [-0.2, 0) is 14.1 Å². The molecule has 3 rings (SSSR count). The molecule has 1 aromatic carbocycles. The van der Waals surface area contributed by atoms with E-state index in [0.717, 1.165) is 11.0 Å². The van der Waals surface area contributed by atoms with Gasteiger partial charge in [-0.1, -0.05) is 0 Å². The Labute approximate surface area is 132 Å². The number of nitrogens with zero attached hydrogens (tertiary/aromatic N) is 3. The molecule has 6 nitrogen and oxygen atoms in total. The number of anilines is 1. The van der Waals surface area contributed by atoms with Crippen LogP contribution < -0.4 is 11.0 Å². The Morgan fingerprint density at radius 2 is 1.68 bits per heavy atom. The molecular formula is C15H15ClN4O2. The average Bonchev–Trinajstić information content (AvgIpc) is 2.73. The Morgan fingerprint density at radius 3 is 2.36 bits per heavy atom. The molecule has 114 valence electrons. The molecule has 0 unspecified atom stereocenters. The van der Waals surface area contributed by atoms with Crippen LogP contribution in [0.25, 0.3) is 11.0 Å². The third kappa shape index (κ3) is 2.60. The number of benzene rings is 1. The van der Waals surface area contributed by atoms with Gasteiger partial charge < -0.3 is 5.32 Å². The molecule has 2 aromatic heterocycles. The second kappa shape index (κ2) is 6.03. The van der Waals surface area contributed by atoms with Gasteiger partial charge in [-0.3, -0.25) is 18.9 Å². The topological polar surface area (TPSA) is 68.9 Å². The van der Waals surface area contributed by atoms with Crippen LogP contribution in [-0.4, -0.2) is 20.0 Å². The number of imidazole rings is 1. The molecule has 3 aromatic rings. The summed E-state index contributed by atoms with van der Waals surface area (Å²) < 4.78 is 3.13. The van der Waals surface area contributed by atoms with Crippen molar-refractivity contribution in [2.24, 2.45) is 14.1 Å².